The van der Waals surface area contributed by atoms with Gasteiger partial charge in [-0.2, -0.15) is 0 Å². The largest absolute Gasteiger partial charge is 0.463 e. The molecule has 0 aliphatic carbocycles. The van der Waals surface area contributed by atoms with Gasteiger partial charge < -0.3 is 14.6 Å². The highest BCUT2D eigenvalue weighted by atomic mass is 16.6. The van der Waals surface area contributed by atoms with Crippen molar-refractivity contribution in [1.82, 2.24) is 0 Å². The minimum absolute atomic E-state index is 0.0518. The SMILES string of the molecule is C[NH+](CC(=O)Nc1cccc([N+](=O)[O-])c1)Cc1ccco1. The summed E-state index contributed by atoms with van der Waals surface area (Å²) in [6.07, 6.45) is 1.59. The monoisotopic (exact) mass is 290 g/mol. The second kappa shape index (κ2) is 6.67. The minimum atomic E-state index is -0.496. The Balaban J connectivity index is 1.89. The normalized spacial score (nSPS) is 11.9. The molecule has 1 aromatic carbocycles. The van der Waals surface area contributed by atoms with Gasteiger partial charge in [0.1, 0.15) is 6.54 Å². The molecular formula is C14H16N3O4+. The van der Waals surface area contributed by atoms with Crippen LogP contribution in [0.15, 0.2) is 47.1 Å². The van der Waals surface area contributed by atoms with E-state index in [0.717, 1.165) is 10.7 Å². The first kappa shape index (κ1) is 14.7. The molecule has 7 heteroatoms. The first-order valence-corrected chi connectivity index (χ1v) is 6.42. The van der Waals surface area contributed by atoms with Crippen molar-refractivity contribution in [2.75, 3.05) is 18.9 Å². The van der Waals surface area contributed by atoms with Crippen molar-refractivity contribution >= 4 is 17.3 Å². The van der Waals surface area contributed by atoms with E-state index in [0.29, 0.717) is 12.2 Å². The van der Waals surface area contributed by atoms with Gasteiger partial charge in [0, 0.05) is 17.8 Å². The topological polar surface area (TPSA) is 89.8 Å². The number of quaternary nitrogens is 1. The lowest BCUT2D eigenvalue weighted by Crippen LogP contribution is -3.08. The number of non-ortho nitro benzene ring substituents is 1. The average molecular weight is 290 g/mol. The molecule has 0 aliphatic heterocycles. The van der Waals surface area contributed by atoms with Gasteiger partial charge in [-0.05, 0) is 18.2 Å². The summed E-state index contributed by atoms with van der Waals surface area (Å²) in [6.45, 7) is 0.832. The van der Waals surface area contributed by atoms with Crippen LogP contribution in [0, 0.1) is 10.1 Å². The molecule has 1 amide bonds. The molecule has 0 radical (unpaired) electrons. The van der Waals surface area contributed by atoms with E-state index < -0.39 is 4.92 Å². The summed E-state index contributed by atoms with van der Waals surface area (Å²) in [4.78, 5) is 23.0. The summed E-state index contributed by atoms with van der Waals surface area (Å²) in [7, 11) is 1.87. The van der Waals surface area contributed by atoms with Crippen molar-refractivity contribution in [2.24, 2.45) is 0 Å². The third kappa shape index (κ3) is 4.43. The number of hydrogen-bond acceptors (Lipinski definition) is 4. The summed E-state index contributed by atoms with van der Waals surface area (Å²) in [5.41, 5.74) is 0.365. The fraction of sp³-hybridized carbons (Fsp3) is 0.214. The summed E-state index contributed by atoms with van der Waals surface area (Å²) in [5.74, 6) is 0.593. The van der Waals surface area contributed by atoms with Crippen LogP contribution >= 0.6 is 0 Å². The van der Waals surface area contributed by atoms with E-state index in [1.807, 2.05) is 13.1 Å². The predicted octanol–water partition coefficient (Wildman–Crippen LogP) is 0.841. The van der Waals surface area contributed by atoms with Crippen LogP contribution in [-0.4, -0.2) is 24.4 Å². The highest BCUT2D eigenvalue weighted by molar-refractivity contribution is 5.91. The van der Waals surface area contributed by atoms with Gasteiger partial charge in [0.05, 0.1) is 18.2 Å². The molecule has 2 N–H and O–H groups in total. The van der Waals surface area contributed by atoms with E-state index in [2.05, 4.69) is 5.32 Å². The van der Waals surface area contributed by atoms with Gasteiger partial charge in [-0.25, -0.2) is 0 Å². The Hall–Kier alpha value is -2.67. The lowest BCUT2D eigenvalue weighted by molar-refractivity contribution is -0.886. The molecule has 1 unspecified atom stereocenters. The lowest BCUT2D eigenvalue weighted by Gasteiger charge is -2.12. The van der Waals surface area contributed by atoms with Crippen LogP contribution in [0.25, 0.3) is 0 Å². The lowest BCUT2D eigenvalue weighted by atomic mass is 10.3. The molecule has 21 heavy (non-hydrogen) atoms. The van der Waals surface area contributed by atoms with Gasteiger partial charge in [0.15, 0.2) is 12.3 Å². The molecule has 0 bridgehead atoms. The van der Waals surface area contributed by atoms with Crippen LogP contribution in [0.3, 0.4) is 0 Å². The molecule has 0 fully saturated rings. The third-order valence-electron chi connectivity index (χ3n) is 2.86. The Kier molecular flexibility index (Phi) is 4.68. The van der Waals surface area contributed by atoms with E-state index >= 15 is 0 Å². The first-order valence-electron chi connectivity index (χ1n) is 6.42. The van der Waals surface area contributed by atoms with Crippen LogP contribution in [0.1, 0.15) is 5.76 Å². The number of hydrogen-bond donors (Lipinski definition) is 2. The van der Waals surface area contributed by atoms with Gasteiger partial charge in [-0.1, -0.05) is 6.07 Å². The van der Waals surface area contributed by atoms with Gasteiger partial charge >= 0.3 is 0 Å². The van der Waals surface area contributed by atoms with Gasteiger partial charge in [0.2, 0.25) is 0 Å². The van der Waals surface area contributed by atoms with Gasteiger partial charge in [-0.3, -0.25) is 14.9 Å². The summed E-state index contributed by atoms with van der Waals surface area (Å²) in [5, 5.41) is 13.3. The van der Waals surface area contributed by atoms with Crippen LogP contribution in [0.5, 0.6) is 0 Å². The van der Waals surface area contributed by atoms with Crippen LogP contribution < -0.4 is 10.2 Å². The maximum Gasteiger partial charge on any atom is 0.279 e. The van der Waals surface area contributed by atoms with Crippen molar-refractivity contribution in [2.45, 2.75) is 6.54 Å². The number of furan rings is 1. The fourth-order valence-corrected chi connectivity index (χ4v) is 1.95. The number of nitro benzene ring substituents is 1. The first-order chi connectivity index (χ1) is 10.0. The number of benzene rings is 1. The summed E-state index contributed by atoms with van der Waals surface area (Å²) >= 11 is 0. The quantitative estimate of drug-likeness (QED) is 0.609. The highest BCUT2D eigenvalue weighted by Gasteiger charge is 2.13. The number of carbonyl (C=O) groups is 1. The predicted molar refractivity (Wildman–Crippen MR) is 75.9 cm³/mol. The Labute approximate surface area is 121 Å². The number of nitro groups is 1. The van der Waals surface area contributed by atoms with E-state index in [4.69, 9.17) is 4.42 Å². The van der Waals surface area contributed by atoms with Crippen molar-refractivity contribution in [3.63, 3.8) is 0 Å². The van der Waals surface area contributed by atoms with Crippen LogP contribution in [-0.2, 0) is 11.3 Å². The standard InChI is InChI=1S/C14H15N3O4/c1-16(9-13-6-3-7-21-13)10-14(18)15-11-4-2-5-12(8-11)17(19)20/h2-8H,9-10H2,1H3,(H,15,18)/p+1. The number of nitrogens with zero attached hydrogens (tertiary/aromatic N) is 1. The minimum Gasteiger partial charge on any atom is -0.463 e. The third-order valence-corrected chi connectivity index (χ3v) is 2.86. The fourth-order valence-electron chi connectivity index (χ4n) is 1.95. The zero-order chi connectivity index (χ0) is 15.2. The molecule has 0 saturated heterocycles. The van der Waals surface area contributed by atoms with E-state index in [9.17, 15) is 14.9 Å². The molecule has 1 aromatic heterocycles. The molecule has 0 spiro atoms. The van der Waals surface area contributed by atoms with E-state index in [-0.39, 0.29) is 18.1 Å². The maximum atomic E-state index is 11.9. The molecule has 1 atom stereocenters. The summed E-state index contributed by atoms with van der Waals surface area (Å²) < 4.78 is 5.22. The number of nitrogens with one attached hydrogen (secondary N) is 2. The highest BCUT2D eigenvalue weighted by Crippen LogP contribution is 2.16. The molecule has 110 valence electrons. The number of likely N-dealkylation sites (N-methyl/N-ethyl adjacent to an activating group) is 1. The average Bonchev–Trinajstić information content (AvgIpc) is 2.91. The van der Waals surface area contributed by atoms with E-state index in [1.54, 1.807) is 18.4 Å². The van der Waals surface area contributed by atoms with Crippen LogP contribution in [0.4, 0.5) is 11.4 Å². The van der Waals surface area contributed by atoms with E-state index in [1.165, 1.54) is 18.2 Å². The Morgan fingerprint density at radius 1 is 1.38 bits per heavy atom. The zero-order valence-corrected chi connectivity index (χ0v) is 11.5. The molecule has 0 aliphatic rings. The van der Waals surface area contributed by atoms with Crippen molar-refractivity contribution in [1.29, 1.82) is 0 Å². The molecule has 0 saturated carbocycles. The second-order valence-electron chi connectivity index (χ2n) is 4.75. The van der Waals surface area contributed by atoms with Crippen molar-refractivity contribution in [3.05, 3.63) is 58.5 Å². The molecule has 7 nitrogen and oxygen atoms in total. The number of amides is 1. The number of anilines is 1. The molecule has 1 heterocycles. The maximum absolute atomic E-state index is 11.9. The summed E-state index contributed by atoms with van der Waals surface area (Å²) in [6, 6.07) is 9.51. The molecule has 2 aromatic rings. The van der Waals surface area contributed by atoms with Crippen molar-refractivity contribution in [3.8, 4) is 0 Å². The van der Waals surface area contributed by atoms with Gasteiger partial charge in [0.25, 0.3) is 11.6 Å². The Morgan fingerprint density at radius 2 is 2.19 bits per heavy atom. The number of rotatable bonds is 6. The van der Waals surface area contributed by atoms with Crippen molar-refractivity contribution < 1.29 is 19.0 Å². The smallest absolute Gasteiger partial charge is 0.279 e. The Morgan fingerprint density at radius 3 is 2.86 bits per heavy atom. The second-order valence-corrected chi connectivity index (χ2v) is 4.75. The number of carbonyl (C=O) groups excluding carboxylic acids is 1. The van der Waals surface area contributed by atoms with Crippen LogP contribution in [0.2, 0.25) is 0 Å². The Bertz CT molecular complexity index is 625. The van der Waals surface area contributed by atoms with Gasteiger partial charge in [-0.15, -0.1) is 0 Å². The zero-order valence-electron chi connectivity index (χ0n) is 11.5. The molecule has 2 rings (SSSR count). The molecular weight excluding hydrogens is 274 g/mol.